The minimum Gasteiger partial charge on any atom is -0.379 e. The normalized spacial score (nSPS) is 9.22. The number of nitrogens with one attached hydrogen (secondary N) is 1. The van der Waals surface area contributed by atoms with Gasteiger partial charge in [0.15, 0.2) is 0 Å². The van der Waals surface area contributed by atoms with Gasteiger partial charge in [0.1, 0.15) is 17.3 Å². The highest BCUT2D eigenvalue weighted by molar-refractivity contribution is 7.99. The Labute approximate surface area is 109 Å². The van der Waals surface area contributed by atoms with Crippen LogP contribution in [0.2, 0.25) is 0 Å². The first-order valence-corrected chi connectivity index (χ1v) is 6.28. The van der Waals surface area contributed by atoms with Gasteiger partial charge in [0, 0.05) is 12.3 Å². The Balaban J connectivity index is 2.74. The third-order valence-electron chi connectivity index (χ3n) is 2.09. The fourth-order valence-electron chi connectivity index (χ4n) is 1.36. The third-order valence-corrected chi connectivity index (χ3v) is 2.95. The number of nitrogens with zero attached hydrogens (tertiary/aromatic N) is 2. The largest absolute Gasteiger partial charge is 0.379 e. The predicted molar refractivity (Wildman–Crippen MR) is 72.5 cm³/mol. The van der Waals surface area contributed by atoms with Crippen molar-refractivity contribution < 1.29 is 4.92 Å². The van der Waals surface area contributed by atoms with Crippen LogP contribution in [0.5, 0.6) is 0 Å². The Hall–Kier alpha value is -2.18. The number of nitriles is 1. The Morgan fingerprint density at radius 1 is 1.56 bits per heavy atom. The minimum absolute atomic E-state index is 0.0567. The van der Waals surface area contributed by atoms with Gasteiger partial charge >= 0.3 is 5.69 Å². The van der Waals surface area contributed by atoms with Gasteiger partial charge in [-0.1, -0.05) is 12.0 Å². The molecule has 0 fully saturated rings. The maximum atomic E-state index is 10.9. The van der Waals surface area contributed by atoms with Crippen molar-refractivity contribution in [1.82, 2.24) is 0 Å². The van der Waals surface area contributed by atoms with Crippen molar-refractivity contribution in [2.24, 2.45) is 0 Å². The molecule has 0 amide bonds. The van der Waals surface area contributed by atoms with Crippen molar-refractivity contribution in [3.63, 3.8) is 0 Å². The van der Waals surface area contributed by atoms with Gasteiger partial charge in [-0.15, -0.1) is 18.2 Å². The molecular weight excluding hydrogens is 250 g/mol. The summed E-state index contributed by atoms with van der Waals surface area (Å²) in [5.41, 5.74) is 0.239. The summed E-state index contributed by atoms with van der Waals surface area (Å²) in [4.78, 5) is 10.4. The molecule has 1 N–H and O–H groups in total. The van der Waals surface area contributed by atoms with Crippen molar-refractivity contribution in [3.05, 3.63) is 33.9 Å². The van der Waals surface area contributed by atoms with E-state index in [1.807, 2.05) is 6.07 Å². The number of nitro benzene ring substituents is 1. The zero-order valence-electron chi connectivity index (χ0n) is 9.55. The average Bonchev–Trinajstić information content (AvgIpc) is 2.37. The summed E-state index contributed by atoms with van der Waals surface area (Å²) in [6.45, 7) is 0.558. The molecule has 6 heteroatoms. The zero-order valence-corrected chi connectivity index (χ0v) is 10.4. The number of benzene rings is 1. The monoisotopic (exact) mass is 261 g/mol. The van der Waals surface area contributed by atoms with Gasteiger partial charge in [-0.2, -0.15) is 5.26 Å². The summed E-state index contributed by atoms with van der Waals surface area (Å²) >= 11 is 1.56. The Kier molecular flexibility index (Phi) is 5.56. The second-order valence-corrected chi connectivity index (χ2v) is 4.36. The molecule has 0 saturated heterocycles. The highest BCUT2D eigenvalue weighted by atomic mass is 32.2. The molecule has 0 unspecified atom stereocenters. The number of hydrogen-bond acceptors (Lipinski definition) is 5. The molecule has 0 heterocycles. The topological polar surface area (TPSA) is 79.0 Å². The van der Waals surface area contributed by atoms with E-state index in [0.717, 1.165) is 5.75 Å². The van der Waals surface area contributed by atoms with Gasteiger partial charge in [-0.05, 0) is 12.1 Å². The van der Waals surface area contributed by atoms with Crippen LogP contribution in [0.3, 0.4) is 0 Å². The molecule has 18 heavy (non-hydrogen) atoms. The molecule has 0 aliphatic carbocycles. The molecular formula is C12H11N3O2S. The lowest BCUT2D eigenvalue weighted by Gasteiger charge is -2.06. The SMILES string of the molecule is C#CCSCCNc1cccc(C#N)c1[N+](=O)[O-]. The van der Waals surface area contributed by atoms with Crippen molar-refractivity contribution >= 4 is 23.1 Å². The van der Waals surface area contributed by atoms with E-state index in [9.17, 15) is 10.1 Å². The molecule has 0 aliphatic heterocycles. The van der Waals surface area contributed by atoms with E-state index in [4.69, 9.17) is 11.7 Å². The number of rotatable bonds is 6. The number of nitro groups is 1. The first-order valence-electron chi connectivity index (χ1n) is 5.13. The van der Waals surface area contributed by atoms with Gasteiger partial charge < -0.3 is 5.32 Å². The van der Waals surface area contributed by atoms with Crippen LogP contribution in [0.25, 0.3) is 0 Å². The number of hydrogen-bond donors (Lipinski definition) is 1. The number of thioether (sulfide) groups is 1. The summed E-state index contributed by atoms with van der Waals surface area (Å²) < 4.78 is 0. The molecule has 1 rings (SSSR count). The van der Waals surface area contributed by atoms with Gasteiger partial charge in [0.25, 0.3) is 0 Å². The van der Waals surface area contributed by atoms with Crippen LogP contribution < -0.4 is 5.32 Å². The van der Waals surface area contributed by atoms with E-state index in [-0.39, 0.29) is 11.3 Å². The molecule has 0 bridgehead atoms. The second kappa shape index (κ2) is 7.21. The van der Waals surface area contributed by atoms with E-state index in [0.29, 0.717) is 18.0 Å². The first-order chi connectivity index (χ1) is 8.70. The Bertz CT molecular complexity index is 517. The number of terminal acetylenes is 1. The lowest BCUT2D eigenvalue weighted by molar-refractivity contribution is -0.384. The molecule has 0 aromatic heterocycles. The maximum absolute atomic E-state index is 10.9. The van der Waals surface area contributed by atoms with E-state index in [1.165, 1.54) is 6.07 Å². The molecule has 0 aliphatic rings. The fourth-order valence-corrected chi connectivity index (χ4v) is 1.87. The van der Waals surface area contributed by atoms with Crippen LogP contribution in [0.4, 0.5) is 11.4 Å². The van der Waals surface area contributed by atoms with E-state index in [1.54, 1.807) is 23.9 Å². The maximum Gasteiger partial charge on any atom is 0.309 e. The highest BCUT2D eigenvalue weighted by Gasteiger charge is 2.18. The average molecular weight is 261 g/mol. The standard InChI is InChI=1S/C12H11N3O2S/c1-2-7-18-8-6-14-11-5-3-4-10(9-13)12(11)15(16)17/h1,3-5,14H,6-8H2. The molecule has 5 nitrogen and oxygen atoms in total. The number of para-hydroxylation sites is 1. The van der Waals surface area contributed by atoms with E-state index < -0.39 is 4.92 Å². The summed E-state index contributed by atoms with van der Waals surface area (Å²) in [6, 6.07) is 6.44. The lowest BCUT2D eigenvalue weighted by Crippen LogP contribution is -2.07. The van der Waals surface area contributed by atoms with Gasteiger partial charge in [0.05, 0.1) is 10.7 Å². The Morgan fingerprint density at radius 2 is 2.33 bits per heavy atom. The lowest BCUT2D eigenvalue weighted by atomic mass is 10.1. The molecule has 92 valence electrons. The predicted octanol–water partition coefficient (Wildman–Crippen LogP) is 2.24. The molecule has 0 atom stereocenters. The van der Waals surface area contributed by atoms with Gasteiger partial charge in [-0.25, -0.2) is 0 Å². The minimum atomic E-state index is -0.546. The molecule has 1 aromatic carbocycles. The fraction of sp³-hybridized carbons (Fsp3) is 0.250. The van der Waals surface area contributed by atoms with Crippen molar-refractivity contribution in [2.75, 3.05) is 23.4 Å². The quantitative estimate of drug-likeness (QED) is 0.368. The summed E-state index contributed by atoms with van der Waals surface area (Å²) in [5.74, 6) is 3.86. The smallest absolute Gasteiger partial charge is 0.309 e. The van der Waals surface area contributed by atoms with Gasteiger partial charge in [-0.3, -0.25) is 10.1 Å². The summed E-state index contributed by atoms with van der Waals surface area (Å²) in [5, 5.41) is 22.7. The summed E-state index contributed by atoms with van der Waals surface area (Å²) in [6.07, 6.45) is 5.11. The van der Waals surface area contributed by atoms with Crippen LogP contribution in [0.15, 0.2) is 18.2 Å². The second-order valence-electron chi connectivity index (χ2n) is 3.25. The van der Waals surface area contributed by atoms with E-state index >= 15 is 0 Å². The van der Waals surface area contributed by atoms with Crippen LogP contribution in [0.1, 0.15) is 5.56 Å². The van der Waals surface area contributed by atoms with Crippen molar-refractivity contribution in [1.29, 1.82) is 5.26 Å². The van der Waals surface area contributed by atoms with Crippen LogP contribution in [-0.4, -0.2) is 23.0 Å². The van der Waals surface area contributed by atoms with E-state index in [2.05, 4.69) is 11.2 Å². The number of anilines is 1. The highest BCUT2D eigenvalue weighted by Crippen LogP contribution is 2.27. The molecule has 1 aromatic rings. The van der Waals surface area contributed by atoms with Crippen LogP contribution >= 0.6 is 11.8 Å². The van der Waals surface area contributed by atoms with Crippen LogP contribution in [-0.2, 0) is 0 Å². The van der Waals surface area contributed by atoms with Gasteiger partial charge in [0.2, 0.25) is 0 Å². The molecule has 0 spiro atoms. The van der Waals surface area contributed by atoms with Crippen molar-refractivity contribution in [2.45, 2.75) is 0 Å². The first kappa shape index (κ1) is 13.9. The zero-order chi connectivity index (χ0) is 13.4. The van der Waals surface area contributed by atoms with Crippen LogP contribution in [0, 0.1) is 33.8 Å². The Morgan fingerprint density at radius 3 is 2.94 bits per heavy atom. The summed E-state index contributed by atoms with van der Waals surface area (Å²) in [7, 11) is 0. The molecule has 0 radical (unpaired) electrons. The molecule has 0 saturated carbocycles. The third kappa shape index (κ3) is 3.69. The van der Waals surface area contributed by atoms with Crippen molar-refractivity contribution in [3.8, 4) is 18.4 Å².